The summed E-state index contributed by atoms with van der Waals surface area (Å²) in [5.74, 6) is 1.56. The summed E-state index contributed by atoms with van der Waals surface area (Å²) in [7, 11) is 1.66. The van der Waals surface area contributed by atoms with Crippen LogP contribution in [0.15, 0.2) is 48.5 Å². The van der Waals surface area contributed by atoms with Gasteiger partial charge in [-0.15, -0.1) is 0 Å². The Morgan fingerprint density at radius 3 is 2.65 bits per heavy atom. The molecule has 134 valence electrons. The Balaban J connectivity index is 2.05. The molecule has 26 heavy (non-hydrogen) atoms. The predicted molar refractivity (Wildman–Crippen MR) is 101 cm³/mol. The highest BCUT2D eigenvalue weighted by Crippen LogP contribution is 2.32. The van der Waals surface area contributed by atoms with Crippen molar-refractivity contribution in [1.82, 2.24) is 14.8 Å². The maximum Gasteiger partial charge on any atom is 0.225 e. The van der Waals surface area contributed by atoms with Crippen LogP contribution in [0.2, 0.25) is 0 Å². The number of benzene rings is 2. The highest BCUT2D eigenvalue weighted by atomic mass is 16.5. The van der Waals surface area contributed by atoms with Crippen molar-refractivity contribution in [2.24, 2.45) is 5.73 Å². The second kappa shape index (κ2) is 7.82. The zero-order valence-corrected chi connectivity index (χ0v) is 15.0. The number of hydrogen-bond donors (Lipinski definition) is 1. The number of amides is 1. The van der Waals surface area contributed by atoms with Crippen LogP contribution in [0.4, 0.5) is 0 Å². The van der Waals surface area contributed by atoms with Crippen molar-refractivity contribution in [1.29, 1.82) is 0 Å². The molecule has 0 aliphatic heterocycles. The number of carbonyl (C=O) groups is 1. The molecule has 0 spiro atoms. The number of hydrogen-bond acceptors (Lipinski definition) is 4. The Kier molecular flexibility index (Phi) is 5.31. The van der Waals surface area contributed by atoms with E-state index < -0.39 is 5.91 Å². The van der Waals surface area contributed by atoms with Gasteiger partial charge in [0.15, 0.2) is 11.6 Å². The van der Waals surface area contributed by atoms with Crippen molar-refractivity contribution in [2.75, 3.05) is 7.11 Å². The minimum absolute atomic E-state index is 0.0376. The van der Waals surface area contributed by atoms with Crippen LogP contribution in [0.3, 0.4) is 0 Å². The lowest BCUT2D eigenvalue weighted by molar-refractivity contribution is -0.117. The number of nitrogens with zero attached hydrogens (tertiary/aromatic N) is 3. The number of primary amides is 1. The van der Waals surface area contributed by atoms with Crippen LogP contribution in [0.5, 0.6) is 5.75 Å². The molecule has 0 aliphatic carbocycles. The summed E-state index contributed by atoms with van der Waals surface area (Å²) in [4.78, 5) is 15.7. The minimum atomic E-state index is -0.437. The first-order valence-corrected chi connectivity index (χ1v) is 8.58. The van der Waals surface area contributed by atoms with Gasteiger partial charge in [0, 0.05) is 17.7 Å². The Labute approximate surface area is 152 Å². The van der Waals surface area contributed by atoms with Crippen molar-refractivity contribution >= 4 is 5.91 Å². The molecule has 2 N–H and O–H groups in total. The van der Waals surface area contributed by atoms with E-state index in [0.717, 1.165) is 41.2 Å². The Morgan fingerprint density at radius 1 is 1.15 bits per heavy atom. The summed E-state index contributed by atoms with van der Waals surface area (Å²) in [6.45, 7) is 2.80. The third-order valence-corrected chi connectivity index (χ3v) is 4.02. The SMILES string of the molecule is CCCn1nc(CC(N)=O)nc1-c1cccc(-c2ccccc2OC)c1. The lowest BCUT2D eigenvalue weighted by Gasteiger charge is -2.10. The van der Waals surface area contributed by atoms with E-state index in [1.165, 1.54) is 0 Å². The molecule has 0 unspecified atom stereocenters. The Bertz CT molecular complexity index is 918. The lowest BCUT2D eigenvalue weighted by Crippen LogP contribution is -2.14. The molecule has 0 atom stereocenters. The van der Waals surface area contributed by atoms with Crippen LogP contribution >= 0.6 is 0 Å². The van der Waals surface area contributed by atoms with Crippen molar-refractivity contribution in [3.63, 3.8) is 0 Å². The van der Waals surface area contributed by atoms with Crippen LogP contribution in [0.1, 0.15) is 19.2 Å². The maximum absolute atomic E-state index is 11.2. The molecule has 0 saturated carbocycles. The molecule has 1 aromatic heterocycles. The van der Waals surface area contributed by atoms with Gasteiger partial charge in [-0.25, -0.2) is 9.67 Å². The second-order valence-corrected chi connectivity index (χ2v) is 6.00. The third kappa shape index (κ3) is 3.74. The summed E-state index contributed by atoms with van der Waals surface area (Å²) >= 11 is 0. The van der Waals surface area contributed by atoms with Gasteiger partial charge < -0.3 is 10.5 Å². The number of para-hydroxylation sites is 1. The molecular weight excluding hydrogens is 328 g/mol. The number of ether oxygens (including phenoxy) is 1. The normalized spacial score (nSPS) is 10.7. The monoisotopic (exact) mass is 350 g/mol. The minimum Gasteiger partial charge on any atom is -0.496 e. The molecular formula is C20H22N4O2. The first-order chi connectivity index (χ1) is 12.6. The van der Waals surface area contributed by atoms with Crippen LogP contribution in [0.25, 0.3) is 22.5 Å². The molecule has 0 aliphatic rings. The van der Waals surface area contributed by atoms with Gasteiger partial charge in [-0.3, -0.25) is 4.79 Å². The largest absolute Gasteiger partial charge is 0.496 e. The number of aromatic nitrogens is 3. The van der Waals surface area contributed by atoms with Gasteiger partial charge in [0.2, 0.25) is 5.91 Å². The number of aryl methyl sites for hydroxylation is 1. The van der Waals surface area contributed by atoms with Crippen molar-refractivity contribution in [3.8, 4) is 28.3 Å². The average molecular weight is 350 g/mol. The average Bonchev–Trinajstić information content (AvgIpc) is 3.03. The molecule has 3 aromatic rings. The van der Waals surface area contributed by atoms with E-state index in [2.05, 4.69) is 23.1 Å². The third-order valence-electron chi connectivity index (χ3n) is 4.02. The van der Waals surface area contributed by atoms with Crippen LogP contribution in [-0.4, -0.2) is 27.8 Å². The first kappa shape index (κ1) is 17.7. The van der Waals surface area contributed by atoms with Gasteiger partial charge in [0.25, 0.3) is 0 Å². The molecule has 0 bridgehead atoms. The van der Waals surface area contributed by atoms with E-state index in [4.69, 9.17) is 10.5 Å². The molecule has 1 heterocycles. The summed E-state index contributed by atoms with van der Waals surface area (Å²) < 4.78 is 7.30. The summed E-state index contributed by atoms with van der Waals surface area (Å²) in [6, 6.07) is 15.9. The first-order valence-electron chi connectivity index (χ1n) is 8.58. The molecule has 2 aromatic carbocycles. The molecule has 0 radical (unpaired) electrons. The van der Waals surface area contributed by atoms with E-state index >= 15 is 0 Å². The van der Waals surface area contributed by atoms with Gasteiger partial charge in [-0.1, -0.05) is 43.3 Å². The fourth-order valence-electron chi connectivity index (χ4n) is 2.91. The van der Waals surface area contributed by atoms with Crippen LogP contribution in [-0.2, 0) is 17.8 Å². The highest BCUT2D eigenvalue weighted by molar-refractivity contribution is 5.76. The molecule has 3 rings (SSSR count). The van der Waals surface area contributed by atoms with E-state index in [0.29, 0.717) is 5.82 Å². The smallest absolute Gasteiger partial charge is 0.225 e. The quantitative estimate of drug-likeness (QED) is 0.710. The predicted octanol–water partition coefficient (Wildman–Crippen LogP) is 3.06. The van der Waals surface area contributed by atoms with Gasteiger partial charge >= 0.3 is 0 Å². The van der Waals surface area contributed by atoms with Gasteiger partial charge in [0.05, 0.1) is 13.5 Å². The molecule has 0 saturated heterocycles. The van der Waals surface area contributed by atoms with Gasteiger partial charge in [0.1, 0.15) is 5.75 Å². The topological polar surface area (TPSA) is 83.0 Å². The number of carbonyl (C=O) groups excluding carboxylic acids is 1. The summed E-state index contributed by atoms with van der Waals surface area (Å²) in [6.07, 6.45) is 0.953. The van der Waals surface area contributed by atoms with Crippen LogP contribution in [0, 0.1) is 0 Å². The molecule has 1 amide bonds. The molecule has 0 fully saturated rings. The fourth-order valence-corrected chi connectivity index (χ4v) is 2.91. The lowest BCUT2D eigenvalue weighted by atomic mass is 10.0. The summed E-state index contributed by atoms with van der Waals surface area (Å²) in [5.41, 5.74) is 8.26. The number of methoxy groups -OCH3 is 1. The van der Waals surface area contributed by atoms with Crippen molar-refractivity contribution < 1.29 is 9.53 Å². The molecule has 6 nitrogen and oxygen atoms in total. The van der Waals surface area contributed by atoms with E-state index in [1.54, 1.807) is 7.11 Å². The van der Waals surface area contributed by atoms with Crippen LogP contribution < -0.4 is 10.5 Å². The zero-order chi connectivity index (χ0) is 18.5. The van der Waals surface area contributed by atoms with Gasteiger partial charge in [-0.05, 0) is 24.1 Å². The Morgan fingerprint density at radius 2 is 1.92 bits per heavy atom. The zero-order valence-electron chi connectivity index (χ0n) is 15.0. The Hall–Kier alpha value is -3.15. The van der Waals surface area contributed by atoms with E-state index in [1.807, 2.05) is 47.1 Å². The van der Waals surface area contributed by atoms with Crippen molar-refractivity contribution in [3.05, 3.63) is 54.4 Å². The maximum atomic E-state index is 11.2. The fraction of sp³-hybridized carbons (Fsp3) is 0.250. The summed E-state index contributed by atoms with van der Waals surface area (Å²) in [5, 5.41) is 4.43. The second-order valence-electron chi connectivity index (χ2n) is 6.00. The van der Waals surface area contributed by atoms with E-state index in [-0.39, 0.29) is 6.42 Å². The highest BCUT2D eigenvalue weighted by Gasteiger charge is 2.14. The van der Waals surface area contributed by atoms with E-state index in [9.17, 15) is 4.79 Å². The van der Waals surface area contributed by atoms with Crippen molar-refractivity contribution in [2.45, 2.75) is 26.3 Å². The van der Waals surface area contributed by atoms with Gasteiger partial charge in [-0.2, -0.15) is 5.10 Å². The number of rotatable bonds is 7. The standard InChI is InChI=1S/C20H22N4O2/c1-3-11-24-20(22-19(23-24)13-18(21)25)15-8-6-7-14(12-15)16-9-4-5-10-17(16)26-2/h4-10,12H,3,11,13H2,1-2H3,(H2,21,25). The number of nitrogens with two attached hydrogens (primary N) is 1. The molecule has 6 heteroatoms.